The van der Waals surface area contributed by atoms with Crippen LogP contribution in [0, 0.1) is 6.92 Å². The summed E-state index contributed by atoms with van der Waals surface area (Å²) in [6.07, 6.45) is 1.49. The highest BCUT2D eigenvalue weighted by Crippen LogP contribution is 2.27. The fourth-order valence-electron chi connectivity index (χ4n) is 3.52. The van der Waals surface area contributed by atoms with Crippen LogP contribution >= 0.6 is 23.4 Å². The van der Waals surface area contributed by atoms with Crippen molar-refractivity contribution in [3.8, 4) is 0 Å². The highest BCUT2D eigenvalue weighted by atomic mass is 35.5. The Kier molecular flexibility index (Phi) is 10.1. The maximum Gasteiger partial charge on any atom is 0.255 e. The largest absolute Gasteiger partial charge is 0.361 e. The zero-order valence-corrected chi connectivity index (χ0v) is 21.7. The van der Waals surface area contributed by atoms with Crippen molar-refractivity contribution in [2.45, 2.75) is 31.4 Å². The van der Waals surface area contributed by atoms with E-state index in [9.17, 15) is 9.59 Å². The molecule has 1 aliphatic rings. The summed E-state index contributed by atoms with van der Waals surface area (Å²) in [6.45, 7) is 8.48. The van der Waals surface area contributed by atoms with E-state index < -0.39 is 0 Å². The lowest BCUT2D eigenvalue weighted by Crippen LogP contribution is -2.50. The summed E-state index contributed by atoms with van der Waals surface area (Å²) in [5.41, 5.74) is 1.53. The van der Waals surface area contributed by atoms with Crippen LogP contribution in [0.4, 0.5) is 5.82 Å². The summed E-state index contributed by atoms with van der Waals surface area (Å²) in [5, 5.41) is 7.30. The molecule has 0 aliphatic carbocycles. The maximum absolute atomic E-state index is 13.2. The Morgan fingerprint density at radius 1 is 1.11 bits per heavy atom. The Bertz CT molecular complexity index is 1110. The number of anilines is 1. The average molecular weight is 516 g/mol. The third-order valence-corrected chi connectivity index (χ3v) is 6.52. The molecule has 1 aromatic carbocycles. The fraction of sp³-hybridized carbons (Fsp3) is 0.360. The molecule has 0 radical (unpaired) electrons. The Morgan fingerprint density at radius 2 is 1.86 bits per heavy atom. The molecule has 1 fully saturated rings. The Morgan fingerprint density at radius 3 is 2.51 bits per heavy atom. The van der Waals surface area contributed by atoms with Crippen LogP contribution in [0.15, 0.2) is 58.1 Å². The summed E-state index contributed by atoms with van der Waals surface area (Å²) < 4.78 is 5.12. The molecule has 10 heteroatoms. The Balaban J connectivity index is 0.00000167. The molecule has 4 rings (SSSR count). The van der Waals surface area contributed by atoms with Gasteiger partial charge in [0.05, 0.1) is 22.8 Å². The minimum atomic E-state index is -0.144. The van der Waals surface area contributed by atoms with E-state index in [1.807, 2.05) is 60.9 Å². The van der Waals surface area contributed by atoms with Gasteiger partial charge in [-0.3, -0.25) is 14.5 Å². The topological polar surface area (TPSA) is 91.6 Å². The molecule has 8 nitrogen and oxygen atoms in total. The van der Waals surface area contributed by atoms with Crippen molar-refractivity contribution in [3.63, 3.8) is 0 Å². The van der Waals surface area contributed by atoms with Crippen molar-refractivity contribution < 1.29 is 14.1 Å². The molecule has 0 saturated carbocycles. The number of rotatable bonds is 7. The van der Waals surface area contributed by atoms with E-state index in [1.54, 1.807) is 23.9 Å². The highest BCUT2D eigenvalue weighted by Gasteiger charge is 2.25. The molecule has 2 aromatic heterocycles. The van der Waals surface area contributed by atoms with Gasteiger partial charge in [-0.05, 0) is 31.2 Å². The molecular formula is C25H30ClN5O3S. The fourth-order valence-corrected chi connectivity index (χ4v) is 4.56. The van der Waals surface area contributed by atoms with Gasteiger partial charge in [-0.15, -0.1) is 11.8 Å². The summed E-state index contributed by atoms with van der Waals surface area (Å²) in [6, 6.07) is 12.9. The number of carbonyl (C=O) groups excluding carboxylic acids is 2. The van der Waals surface area contributed by atoms with Gasteiger partial charge in [-0.25, -0.2) is 4.98 Å². The van der Waals surface area contributed by atoms with E-state index in [2.05, 4.69) is 15.5 Å². The van der Waals surface area contributed by atoms with Gasteiger partial charge in [0.15, 0.2) is 0 Å². The van der Waals surface area contributed by atoms with Crippen LogP contribution in [-0.2, 0) is 10.5 Å². The highest BCUT2D eigenvalue weighted by molar-refractivity contribution is 7.98. The molecule has 186 valence electrons. The monoisotopic (exact) mass is 515 g/mol. The normalized spacial score (nSPS) is 13.7. The van der Waals surface area contributed by atoms with E-state index in [4.69, 9.17) is 16.1 Å². The van der Waals surface area contributed by atoms with Gasteiger partial charge in [-0.1, -0.05) is 42.7 Å². The number of thioether (sulfide) groups is 1. The van der Waals surface area contributed by atoms with Gasteiger partial charge >= 0.3 is 0 Å². The van der Waals surface area contributed by atoms with Crippen LogP contribution in [0.25, 0.3) is 0 Å². The van der Waals surface area contributed by atoms with Gasteiger partial charge in [0, 0.05) is 49.1 Å². The van der Waals surface area contributed by atoms with E-state index in [-0.39, 0.29) is 18.4 Å². The first-order valence-electron chi connectivity index (χ1n) is 11.5. The van der Waals surface area contributed by atoms with E-state index in [1.165, 1.54) is 6.20 Å². The molecular weight excluding hydrogens is 486 g/mol. The number of halogens is 1. The smallest absolute Gasteiger partial charge is 0.255 e. The lowest BCUT2D eigenvalue weighted by Gasteiger charge is -2.34. The number of carbonyl (C=O) groups is 2. The van der Waals surface area contributed by atoms with Crippen LogP contribution in [0.5, 0.6) is 0 Å². The molecule has 0 unspecified atom stereocenters. The minimum Gasteiger partial charge on any atom is -0.361 e. The predicted molar refractivity (Wildman–Crippen MR) is 139 cm³/mol. The SMILES string of the molecule is CC.Cc1cc(CSc2ccccc2C(=O)N2CCN(CC(=O)Nc3ccc(Cl)cn3)CC2)no1. The van der Waals surface area contributed by atoms with Crippen LogP contribution in [0.2, 0.25) is 5.02 Å². The lowest BCUT2D eigenvalue weighted by molar-refractivity contribution is -0.117. The van der Waals surface area contributed by atoms with Gasteiger partial charge in [0.25, 0.3) is 5.91 Å². The van der Waals surface area contributed by atoms with Crippen molar-refractivity contribution in [2.24, 2.45) is 0 Å². The third-order valence-electron chi connectivity index (χ3n) is 5.19. The van der Waals surface area contributed by atoms with Crippen LogP contribution in [0.3, 0.4) is 0 Å². The van der Waals surface area contributed by atoms with Gasteiger partial charge in [0.1, 0.15) is 11.6 Å². The number of benzene rings is 1. The second kappa shape index (κ2) is 13.3. The second-order valence-corrected chi connectivity index (χ2v) is 9.15. The standard InChI is InChI=1S/C23H24ClN5O3S.C2H6/c1-16-12-18(27-32-16)15-33-20-5-3-2-4-19(20)23(31)29-10-8-28(9-11-29)14-22(30)26-21-7-6-17(24)13-25-21;1-2/h2-7,12-13H,8-11,14-15H2,1H3,(H,25,26,30);1-2H3. The van der Waals surface area contributed by atoms with Gasteiger partial charge < -0.3 is 14.7 Å². The molecule has 0 bridgehead atoms. The lowest BCUT2D eigenvalue weighted by atomic mass is 10.2. The van der Waals surface area contributed by atoms with Crippen molar-refractivity contribution in [1.82, 2.24) is 19.9 Å². The third kappa shape index (κ3) is 7.81. The summed E-state index contributed by atoms with van der Waals surface area (Å²) >= 11 is 7.39. The Labute approximate surface area is 215 Å². The molecule has 2 amide bonds. The van der Waals surface area contributed by atoms with Crippen molar-refractivity contribution >= 4 is 41.0 Å². The van der Waals surface area contributed by atoms with Crippen molar-refractivity contribution in [1.29, 1.82) is 0 Å². The second-order valence-electron chi connectivity index (χ2n) is 7.69. The summed E-state index contributed by atoms with van der Waals surface area (Å²) in [7, 11) is 0. The van der Waals surface area contributed by atoms with Crippen molar-refractivity contribution in [2.75, 3.05) is 38.0 Å². The first-order chi connectivity index (χ1) is 17.0. The first-order valence-corrected chi connectivity index (χ1v) is 12.9. The first kappa shape index (κ1) is 26.7. The van der Waals surface area contributed by atoms with E-state index in [0.717, 1.165) is 16.3 Å². The van der Waals surface area contributed by atoms with E-state index >= 15 is 0 Å². The summed E-state index contributed by atoms with van der Waals surface area (Å²) in [4.78, 5) is 34.4. The molecule has 3 aromatic rings. The number of piperazine rings is 1. The minimum absolute atomic E-state index is 0.00361. The van der Waals surface area contributed by atoms with Gasteiger partial charge in [-0.2, -0.15) is 0 Å². The Hall–Kier alpha value is -2.88. The number of aryl methyl sites for hydroxylation is 1. The number of hydrogen-bond acceptors (Lipinski definition) is 7. The van der Waals surface area contributed by atoms with Crippen LogP contribution in [0.1, 0.15) is 35.7 Å². The van der Waals surface area contributed by atoms with Crippen molar-refractivity contribution in [3.05, 3.63) is 70.7 Å². The van der Waals surface area contributed by atoms with Crippen LogP contribution in [-0.4, -0.2) is 64.5 Å². The number of amides is 2. The number of nitrogens with zero attached hydrogens (tertiary/aromatic N) is 4. The molecule has 1 saturated heterocycles. The number of nitrogens with one attached hydrogen (secondary N) is 1. The predicted octanol–water partition coefficient (Wildman–Crippen LogP) is 4.75. The number of pyridine rings is 1. The molecule has 0 atom stereocenters. The zero-order chi connectivity index (χ0) is 25.2. The molecule has 0 spiro atoms. The molecule has 1 aliphatic heterocycles. The number of hydrogen-bond donors (Lipinski definition) is 1. The van der Waals surface area contributed by atoms with E-state index in [0.29, 0.717) is 48.3 Å². The molecule has 35 heavy (non-hydrogen) atoms. The zero-order valence-electron chi connectivity index (χ0n) is 20.2. The number of aromatic nitrogens is 2. The van der Waals surface area contributed by atoms with Gasteiger partial charge in [0.2, 0.25) is 5.91 Å². The maximum atomic E-state index is 13.2. The molecule has 1 N–H and O–H groups in total. The summed E-state index contributed by atoms with van der Waals surface area (Å²) in [5.74, 6) is 1.73. The molecule has 3 heterocycles. The van der Waals surface area contributed by atoms with Crippen LogP contribution < -0.4 is 5.32 Å². The average Bonchev–Trinajstić information content (AvgIpc) is 3.30. The quantitative estimate of drug-likeness (QED) is 0.454.